The van der Waals surface area contributed by atoms with Crippen molar-refractivity contribution in [2.75, 3.05) is 30.6 Å². The molecule has 0 saturated carbocycles. The van der Waals surface area contributed by atoms with Crippen LogP contribution in [0.2, 0.25) is 0 Å². The second-order valence-corrected chi connectivity index (χ2v) is 12.1. The van der Waals surface area contributed by atoms with Gasteiger partial charge in [-0.2, -0.15) is 0 Å². The number of nitrogens with one attached hydrogen (secondary N) is 3. The minimum Gasteiger partial charge on any atom is -0.493 e. The first-order valence-electron chi connectivity index (χ1n) is 14.6. The number of aromatic nitrogens is 1. The van der Waals surface area contributed by atoms with Crippen molar-refractivity contribution in [1.82, 2.24) is 10.3 Å². The number of carbonyl (C=O) groups is 3. The van der Waals surface area contributed by atoms with Crippen LogP contribution in [0.15, 0.2) is 113 Å². The van der Waals surface area contributed by atoms with E-state index in [1.54, 1.807) is 90.3 Å². The normalized spacial score (nSPS) is 10.9. The number of non-ortho nitro benzene ring substituents is 1. The number of hydrogen-bond acceptors (Lipinski definition) is 10. The predicted molar refractivity (Wildman–Crippen MR) is 190 cm³/mol. The number of ether oxygens (including phenoxy) is 2. The third-order valence-corrected chi connectivity index (χ3v) is 8.60. The number of rotatable bonds is 13. The van der Waals surface area contributed by atoms with Gasteiger partial charge >= 0.3 is 0 Å². The average molecular weight is 696 g/mol. The zero-order valence-electron chi connectivity index (χ0n) is 26.2. The van der Waals surface area contributed by atoms with Gasteiger partial charge in [0, 0.05) is 39.2 Å². The first-order valence-corrected chi connectivity index (χ1v) is 16.4. The van der Waals surface area contributed by atoms with Gasteiger partial charge < -0.3 is 25.4 Å². The number of methoxy groups -OCH3 is 2. The lowest BCUT2D eigenvalue weighted by molar-refractivity contribution is -0.384. The van der Waals surface area contributed by atoms with Crippen LogP contribution in [0.1, 0.15) is 15.9 Å². The number of hydrogen-bond donors (Lipinski definition) is 3. The van der Waals surface area contributed by atoms with Crippen LogP contribution in [-0.2, 0) is 9.59 Å². The van der Waals surface area contributed by atoms with Crippen molar-refractivity contribution in [2.24, 2.45) is 0 Å². The number of benzene rings is 4. The van der Waals surface area contributed by atoms with E-state index in [9.17, 15) is 24.5 Å². The Morgan fingerprint density at radius 1 is 0.898 bits per heavy atom. The van der Waals surface area contributed by atoms with Gasteiger partial charge in [0.15, 0.2) is 16.6 Å². The van der Waals surface area contributed by atoms with E-state index in [2.05, 4.69) is 20.9 Å². The molecule has 0 aliphatic carbocycles. The lowest BCUT2D eigenvalue weighted by Crippen LogP contribution is -2.30. The van der Waals surface area contributed by atoms with E-state index in [0.717, 1.165) is 4.90 Å². The average Bonchev–Trinajstić information content (AvgIpc) is 3.59. The largest absolute Gasteiger partial charge is 0.493 e. The maximum atomic E-state index is 13.4. The van der Waals surface area contributed by atoms with Gasteiger partial charge in [0.2, 0.25) is 5.91 Å². The molecule has 0 spiro atoms. The van der Waals surface area contributed by atoms with Crippen LogP contribution >= 0.6 is 23.1 Å². The Hall–Kier alpha value is -5.99. The Bertz CT molecular complexity index is 2010. The van der Waals surface area contributed by atoms with Gasteiger partial charge in [-0.15, -0.1) is 23.1 Å². The lowest BCUT2D eigenvalue weighted by Gasteiger charge is -2.13. The smallest absolute Gasteiger partial charge is 0.272 e. The molecule has 5 aromatic rings. The van der Waals surface area contributed by atoms with Gasteiger partial charge in [-0.25, -0.2) is 4.98 Å². The van der Waals surface area contributed by atoms with Gasteiger partial charge in [-0.05, 0) is 60.2 Å². The minimum atomic E-state index is -0.549. The molecule has 14 heteroatoms. The Morgan fingerprint density at radius 3 is 2.37 bits per heavy atom. The Morgan fingerprint density at radius 2 is 1.65 bits per heavy atom. The molecule has 5 rings (SSSR count). The summed E-state index contributed by atoms with van der Waals surface area (Å²) in [5.74, 6) is -0.200. The molecule has 248 valence electrons. The van der Waals surface area contributed by atoms with Gasteiger partial charge in [0.1, 0.15) is 5.70 Å². The zero-order chi connectivity index (χ0) is 34.8. The molecular weight excluding hydrogens is 667 g/mol. The molecule has 1 aromatic heterocycles. The van der Waals surface area contributed by atoms with Gasteiger partial charge in [0.05, 0.1) is 30.6 Å². The Labute approximate surface area is 289 Å². The quantitative estimate of drug-likeness (QED) is 0.0516. The molecule has 0 fully saturated rings. The topological polar surface area (TPSA) is 162 Å². The summed E-state index contributed by atoms with van der Waals surface area (Å²) in [4.78, 5) is 54.8. The van der Waals surface area contributed by atoms with Crippen molar-refractivity contribution >= 4 is 63.4 Å². The van der Waals surface area contributed by atoms with Crippen molar-refractivity contribution in [3.63, 3.8) is 0 Å². The van der Waals surface area contributed by atoms with Gasteiger partial charge in [-0.1, -0.05) is 36.4 Å². The second-order valence-electron chi connectivity index (χ2n) is 10.2. The molecule has 3 amide bonds. The molecular formula is C35H29N5O7S2. The molecule has 1 heterocycles. The molecule has 0 aliphatic rings. The van der Waals surface area contributed by atoms with Gasteiger partial charge in [-0.3, -0.25) is 24.5 Å². The molecule has 4 aromatic carbocycles. The highest BCUT2D eigenvalue weighted by Gasteiger charge is 2.17. The highest BCUT2D eigenvalue weighted by molar-refractivity contribution is 8.00. The van der Waals surface area contributed by atoms with E-state index in [-0.39, 0.29) is 23.0 Å². The van der Waals surface area contributed by atoms with E-state index in [1.165, 1.54) is 55.5 Å². The van der Waals surface area contributed by atoms with Crippen molar-refractivity contribution in [1.29, 1.82) is 0 Å². The summed E-state index contributed by atoms with van der Waals surface area (Å²) in [5.41, 5.74) is 2.52. The summed E-state index contributed by atoms with van der Waals surface area (Å²) in [5, 5.41) is 21.4. The van der Waals surface area contributed by atoms with Crippen LogP contribution in [-0.4, -0.2) is 47.6 Å². The van der Waals surface area contributed by atoms with E-state index in [1.807, 2.05) is 0 Å². The van der Waals surface area contributed by atoms with E-state index in [0.29, 0.717) is 44.7 Å². The fourth-order valence-electron chi connectivity index (χ4n) is 4.43. The summed E-state index contributed by atoms with van der Waals surface area (Å²) in [6.07, 6.45) is 1.54. The molecule has 0 atom stereocenters. The summed E-state index contributed by atoms with van der Waals surface area (Å²) in [7, 11) is 3.03. The highest BCUT2D eigenvalue weighted by Crippen LogP contribution is 2.30. The second kappa shape index (κ2) is 16.2. The number of anilines is 2. The summed E-state index contributed by atoms with van der Waals surface area (Å²) in [6, 6.07) is 26.7. The standard InChI is InChI=1S/C35H29N5O7S2/c1-46-30-16-11-22(18-31(30)47-2)17-28(37-33(42)23-7-4-3-5-8-23)34(43)36-25-12-14-27(15-13-25)48-21-32(41)39-35-38-29(20-49-35)24-9-6-10-26(19-24)40(44)45/h3-20H,21H2,1-2H3,(H,36,43)(H,37,42)(H,38,39,41)/b28-17-. The molecule has 12 nitrogen and oxygen atoms in total. The number of nitro groups is 1. The zero-order valence-corrected chi connectivity index (χ0v) is 27.8. The lowest BCUT2D eigenvalue weighted by atomic mass is 10.1. The van der Waals surface area contributed by atoms with Gasteiger partial charge in [0.25, 0.3) is 17.5 Å². The Balaban J connectivity index is 1.21. The number of nitrogens with zero attached hydrogens (tertiary/aromatic N) is 2. The molecule has 0 aliphatic heterocycles. The monoisotopic (exact) mass is 695 g/mol. The van der Waals surface area contributed by atoms with Crippen LogP contribution in [0.25, 0.3) is 17.3 Å². The number of carbonyl (C=O) groups excluding carboxylic acids is 3. The van der Waals surface area contributed by atoms with E-state index >= 15 is 0 Å². The molecule has 0 saturated heterocycles. The maximum Gasteiger partial charge on any atom is 0.272 e. The van der Waals surface area contributed by atoms with Crippen molar-refractivity contribution < 1.29 is 28.8 Å². The molecule has 0 radical (unpaired) electrons. The fourth-order valence-corrected chi connectivity index (χ4v) is 5.87. The SMILES string of the molecule is COc1ccc(/C=C(\NC(=O)c2ccccc2)C(=O)Nc2ccc(SCC(=O)Nc3nc(-c4cccc([N+](=O)[O-])c4)cs3)cc2)cc1OC. The minimum absolute atomic E-state index is 0.00651. The Kier molecular flexibility index (Phi) is 11.4. The number of thiazole rings is 1. The van der Waals surface area contributed by atoms with E-state index in [4.69, 9.17) is 9.47 Å². The van der Waals surface area contributed by atoms with Crippen molar-refractivity contribution in [3.8, 4) is 22.8 Å². The highest BCUT2D eigenvalue weighted by atomic mass is 32.2. The van der Waals surface area contributed by atoms with Crippen LogP contribution in [0.3, 0.4) is 0 Å². The van der Waals surface area contributed by atoms with Crippen molar-refractivity contribution in [3.05, 3.63) is 129 Å². The van der Waals surface area contributed by atoms with Crippen LogP contribution in [0, 0.1) is 10.1 Å². The fraction of sp³-hybridized carbons (Fsp3) is 0.0857. The number of amides is 3. The summed E-state index contributed by atoms with van der Waals surface area (Å²) in [6.45, 7) is 0. The summed E-state index contributed by atoms with van der Waals surface area (Å²) < 4.78 is 10.7. The maximum absolute atomic E-state index is 13.4. The molecule has 0 bridgehead atoms. The first-order chi connectivity index (χ1) is 23.7. The van der Waals surface area contributed by atoms with E-state index < -0.39 is 16.7 Å². The molecule has 49 heavy (non-hydrogen) atoms. The van der Waals surface area contributed by atoms with Crippen LogP contribution in [0.4, 0.5) is 16.5 Å². The molecule has 0 unspecified atom stereocenters. The third-order valence-electron chi connectivity index (χ3n) is 6.83. The number of nitro benzene ring substituents is 1. The third kappa shape index (κ3) is 9.31. The van der Waals surface area contributed by atoms with Crippen LogP contribution < -0.4 is 25.4 Å². The number of thioether (sulfide) groups is 1. The van der Waals surface area contributed by atoms with Crippen LogP contribution in [0.5, 0.6) is 11.5 Å². The first kappa shape index (κ1) is 34.3. The molecule has 3 N–H and O–H groups in total. The predicted octanol–water partition coefficient (Wildman–Crippen LogP) is 6.88. The van der Waals surface area contributed by atoms with Crippen molar-refractivity contribution in [2.45, 2.75) is 4.90 Å². The summed E-state index contributed by atoms with van der Waals surface area (Å²) >= 11 is 2.51.